The first kappa shape index (κ1) is 15.0. The van der Waals surface area contributed by atoms with Gasteiger partial charge in [-0.25, -0.2) is 9.37 Å². The van der Waals surface area contributed by atoms with Crippen molar-refractivity contribution in [1.82, 2.24) is 14.5 Å². The van der Waals surface area contributed by atoms with Gasteiger partial charge < -0.3 is 9.30 Å². The Hall–Kier alpha value is -1.88. The molecule has 2 aromatic rings. The zero-order valence-corrected chi connectivity index (χ0v) is 13.3. The molecule has 0 spiro atoms. The Bertz CT molecular complexity index is 668. The molecule has 5 heteroatoms. The van der Waals surface area contributed by atoms with Crippen LogP contribution in [0.3, 0.4) is 0 Å². The Morgan fingerprint density at radius 3 is 2.91 bits per heavy atom. The highest BCUT2D eigenvalue weighted by atomic mass is 19.1. The number of halogens is 1. The number of ether oxygens (including phenoxy) is 1. The first-order valence-corrected chi connectivity index (χ1v) is 7.65. The van der Waals surface area contributed by atoms with Crippen molar-refractivity contribution in [1.29, 1.82) is 0 Å². The zero-order valence-electron chi connectivity index (χ0n) is 13.3. The SMILES string of the molecule is COc1cccc(F)c1CN1CCC[C@H]1c1nc(C)cn1C. The van der Waals surface area contributed by atoms with E-state index in [1.807, 2.05) is 26.2 Å². The van der Waals surface area contributed by atoms with Crippen LogP contribution >= 0.6 is 0 Å². The Morgan fingerprint density at radius 1 is 1.41 bits per heavy atom. The monoisotopic (exact) mass is 303 g/mol. The second-order valence-corrected chi connectivity index (χ2v) is 5.90. The van der Waals surface area contributed by atoms with Gasteiger partial charge >= 0.3 is 0 Å². The third-order valence-corrected chi connectivity index (χ3v) is 4.35. The number of likely N-dealkylation sites (tertiary alicyclic amines) is 1. The first-order chi connectivity index (χ1) is 10.6. The second kappa shape index (κ2) is 6.08. The minimum atomic E-state index is -0.207. The van der Waals surface area contributed by atoms with Gasteiger partial charge in [-0.2, -0.15) is 0 Å². The fraction of sp³-hybridized carbons (Fsp3) is 0.471. The molecule has 0 aliphatic carbocycles. The molecule has 0 N–H and O–H groups in total. The van der Waals surface area contributed by atoms with Crippen LogP contribution in [0.1, 0.15) is 36.0 Å². The summed E-state index contributed by atoms with van der Waals surface area (Å²) in [6.45, 7) is 3.50. The Labute approximate surface area is 130 Å². The molecule has 2 heterocycles. The molecular formula is C17H22FN3O. The highest BCUT2D eigenvalue weighted by molar-refractivity contribution is 5.34. The van der Waals surface area contributed by atoms with Crippen molar-refractivity contribution in [2.75, 3.05) is 13.7 Å². The average molecular weight is 303 g/mol. The van der Waals surface area contributed by atoms with Crippen molar-refractivity contribution < 1.29 is 9.13 Å². The Morgan fingerprint density at radius 2 is 2.23 bits per heavy atom. The van der Waals surface area contributed by atoms with Crippen LogP contribution in [0.4, 0.5) is 4.39 Å². The molecule has 118 valence electrons. The Kier molecular flexibility index (Phi) is 4.16. The van der Waals surface area contributed by atoms with Crippen molar-refractivity contribution in [3.63, 3.8) is 0 Å². The van der Waals surface area contributed by atoms with E-state index in [1.165, 1.54) is 6.07 Å². The number of benzene rings is 1. The molecule has 22 heavy (non-hydrogen) atoms. The average Bonchev–Trinajstić information content (AvgIpc) is 3.07. The summed E-state index contributed by atoms with van der Waals surface area (Å²) in [7, 11) is 3.61. The summed E-state index contributed by atoms with van der Waals surface area (Å²) in [5.74, 6) is 1.47. The Balaban J connectivity index is 1.87. The number of aryl methyl sites for hydroxylation is 2. The third kappa shape index (κ3) is 2.73. The smallest absolute Gasteiger partial charge is 0.131 e. The normalized spacial score (nSPS) is 18.8. The van der Waals surface area contributed by atoms with Crippen LogP contribution < -0.4 is 4.74 Å². The maximum absolute atomic E-state index is 14.2. The molecular weight excluding hydrogens is 281 g/mol. The van der Waals surface area contributed by atoms with Crippen molar-refractivity contribution in [3.05, 3.63) is 47.3 Å². The maximum Gasteiger partial charge on any atom is 0.131 e. The molecule has 4 nitrogen and oxygen atoms in total. The van der Waals surface area contributed by atoms with E-state index in [1.54, 1.807) is 13.2 Å². The van der Waals surface area contributed by atoms with E-state index in [0.717, 1.165) is 30.9 Å². The van der Waals surface area contributed by atoms with Crippen LogP contribution in [0.5, 0.6) is 5.75 Å². The molecule has 1 aromatic carbocycles. The molecule has 3 rings (SSSR count). The van der Waals surface area contributed by atoms with E-state index < -0.39 is 0 Å². The van der Waals surface area contributed by atoms with Gasteiger partial charge in [-0.15, -0.1) is 0 Å². The molecule has 0 unspecified atom stereocenters. The zero-order chi connectivity index (χ0) is 15.7. The van der Waals surface area contributed by atoms with Gasteiger partial charge in [-0.1, -0.05) is 6.07 Å². The maximum atomic E-state index is 14.2. The first-order valence-electron chi connectivity index (χ1n) is 7.65. The van der Waals surface area contributed by atoms with Crippen molar-refractivity contribution in [2.24, 2.45) is 7.05 Å². The third-order valence-electron chi connectivity index (χ3n) is 4.35. The van der Waals surface area contributed by atoms with E-state index in [2.05, 4.69) is 14.5 Å². The van der Waals surface area contributed by atoms with Gasteiger partial charge in [-0.05, 0) is 38.4 Å². The van der Waals surface area contributed by atoms with Gasteiger partial charge in [0.15, 0.2) is 0 Å². The van der Waals surface area contributed by atoms with Crippen LogP contribution in [0.25, 0.3) is 0 Å². The summed E-state index contributed by atoms with van der Waals surface area (Å²) in [6.07, 6.45) is 4.20. The van der Waals surface area contributed by atoms with Crippen LogP contribution in [0, 0.1) is 12.7 Å². The number of methoxy groups -OCH3 is 1. The summed E-state index contributed by atoms with van der Waals surface area (Å²) in [4.78, 5) is 6.94. The van der Waals surface area contributed by atoms with Crippen molar-refractivity contribution in [3.8, 4) is 5.75 Å². The van der Waals surface area contributed by atoms with Crippen LogP contribution in [0.15, 0.2) is 24.4 Å². The minimum Gasteiger partial charge on any atom is -0.496 e. The number of aromatic nitrogens is 2. The molecule has 0 amide bonds. The summed E-state index contributed by atoms with van der Waals surface area (Å²) < 4.78 is 21.6. The van der Waals surface area contributed by atoms with E-state index in [9.17, 15) is 4.39 Å². The lowest BCUT2D eigenvalue weighted by Gasteiger charge is -2.25. The molecule has 1 saturated heterocycles. The molecule has 1 aliphatic rings. The molecule has 0 bridgehead atoms. The fourth-order valence-corrected chi connectivity index (χ4v) is 3.34. The van der Waals surface area contributed by atoms with Crippen LogP contribution in [-0.4, -0.2) is 28.1 Å². The topological polar surface area (TPSA) is 30.3 Å². The molecule has 0 saturated carbocycles. The van der Waals surface area contributed by atoms with Crippen LogP contribution in [0.2, 0.25) is 0 Å². The molecule has 1 atom stereocenters. The predicted molar refractivity (Wildman–Crippen MR) is 83.3 cm³/mol. The van der Waals surface area contributed by atoms with Crippen molar-refractivity contribution >= 4 is 0 Å². The number of hydrogen-bond acceptors (Lipinski definition) is 3. The lowest BCUT2D eigenvalue weighted by Crippen LogP contribution is -2.25. The van der Waals surface area contributed by atoms with E-state index in [-0.39, 0.29) is 11.9 Å². The standard InChI is InChI=1S/C17H22FN3O/c1-12-10-20(2)17(19-12)15-7-5-9-21(15)11-13-14(18)6-4-8-16(13)22-3/h4,6,8,10,15H,5,7,9,11H2,1-3H3/t15-/m0/s1. The number of rotatable bonds is 4. The molecule has 1 aromatic heterocycles. The number of hydrogen-bond donors (Lipinski definition) is 0. The van der Waals surface area contributed by atoms with Gasteiger partial charge in [0.2, 0.25) is 0 Å². The number of nitrogens with zero attached hydrogens (tertiary/aromatic N) is 3. The highest BCUT2D eigenvalue weighted by Gasteiger charge is 2.30. The second-order valence-electron chi connectivity index (χ2n) is 5.90. The largest absolute Gasteiger partial charge is 0.496 e. The lowest BCUT2D eigenvalue weighted by atomic mass is 10.1. The van der Waals surface area contributed by atoms with Crippen LogP contribution in [-0.2, 0) is 13.6 Å². The van der Waals surface area contributed by atoms with Gasteiger partial charge in [0, 0.05) is 25.4 Å². The minimum absolute atomic E-state index is 0.207. The van der Waals surface area contributed by atoms with Gasteiger partial charge in [-0.3, -0.25) is 4.90 Å². The summed E-state index contributed by atoms with van der Waals surface area (Å²) in [5, 5.41) is 0. The highest BCUT2D eigenvalue weighted by Crippen LogP contribution is 2.34. The van der Waals surface area contributed by atoms with E-state index in [4.69, 9.17) is 4.74 Å². The summed E-state index contributed by atoms with van der Waals surface area (Å²) in [5.41, 5.74) is 1.65. The quantitative estimate of drug-likeness (QED) is 0.869. The van der Waals surface area contributed by atoms with E-state index >= 15 is 0 Å². The number of imidazole rings is 1. The summed E-state index contributed by atoms with van der Waals surface area (Å²) in [6, 6.07) is 5.23. The van der Waals surface area contributed by atoms with Gasteiger partial charge in [0.05, 0.1) is 18.8 Å². The molecule has 1 aliphatic heterocycles. The van der Waals surface area contributed by atoms with Gasteiger partial charge in [0.25, 0.3) is 0 Å². The summed E-state index contributed by atoms with van der Waals surface area (Å²) >= 11 is 0. The van der Waals surface area contributed by atoms with Crippen molar-refractivity contribution in [2.45, 2.75) is 32.4 Å². The molecule has 1 fully saturated rings. The van der Waals surface area contributed by atoms with Gasteiger partial charge in [0.1, 0.15) is 17.4 Å². The van der Waals surface area contributed by atoms with E-state index in [0.29, 0.717) is 17.9 Å². The molecule has 0 radical (unpaired) electrons. The predicted octanol–water partition coefficient (Wildman–Crippen LogP) is 3.21. The lowest BCUT2D eigenvalue weighted by molar-refractivity contribution is 0.229. The fourth-order valence-electron chi connectivity index (χ4n) is 3.34.